The van der Waals surface area contributed by atoms with Crippen LogP contribution < -0.4 is 27.4 Å². The number of likely N-dealkylation sites (N-methyl/N-ethyl adjacent to an activating group) is 1. The third-order valence-electron chi connectivity index (χ3n) is 12.8. The number of anilines is 4. The molecule has 2 aliphatic heterocycles. The molecule has 2 amide bonds. The van der Waals surface area contributed by atoms with Crippen LogP contribution in [0.15, 0.2) is 96.6 Å². The third-order valence-corrected chi connectivity index (χ3v) is 14.3. The number of nitrogens with one attached hydrogen (secondary N) is 1. The van der Waals surface area contributed by atoms with E-state index in [-0.39, 0.29) is 48.2 Å². The van der Waals surface area contributed by atoms with Crippen molar-refractivity contribution >= 4 is 67.7 Å². The summed E-state index contributed by atoms with van der Waals surface area (Å²) in [7, 11) is -5.78. The lowest BCUT2D eigenvalue weighted by Gasteiger charge is -2.29. The zero-order chi connectivity index (χ0) is 56.9. The van der Waals surface area contributed by atoms with E-state index in [1.54, 1.807) is 55.4 Å². The molecule has 6 heterocycles. The van der Waals surface area contributed by atoms with Gasteiger partial charge in [0.15, 0.2) is 29.7 Å². The summed E-state index contributed by atoms with van der Waals surface area (Å²) in [5, 5.41) is 26.2. The Morgan fingerprint density at radius 1 is 0.835 bits per heavy atom. The van der Waals surface area contributed by atoms with Gasteiger partial charge in [-0.2, -0.15) is 4.98 Å². The van der Waals surface area contributed by atoms with E-state index in [4.69, 9.17) is 34.7 Å². The number of Topliss-reactive ketones (excluding diaryl/α,β-unsaturated/α-hetero) is 1. The highest BCUT2D eigenvalue weighted by Gasteiger charge is 2.52. The number of ketones is 1. The topological polar surface area (TPSA) is 404 Å². The second kappa shape index (κ2) is 24.5. The first-order valence-electron chi connectivity index (χ1n) is 23.9. The third kappa shape index (κ3) is 14.4. The average molecular weight is 1140 g/mol. The van der Waals surface area contributed by atoms with Gasteiger partial charge in [-0.3, -0.25) is 32.3 Å². The molecule has 10 N–H and O–H groups in total. The molecule has 0 saturated carbocycles. The van der Waals surface area contributed by atoms with Crippen molar-refractivity contribution in [3.63, 3.8) is 0 Å². The summed E-state index contributed by atoms with van der Waals surface area (Å²) in [4.78, 5) is 107. The minimum Gasteiger partial charge on any atom is -0.445 e. The second-order valence-corrected chi connectivity index (χ2v) is 21.2. The number of carbonyl (C=O) groups is 3. The molecule has 2 fully saturated rings. The van der Waals surface area contributed by atoms with Crippen LogP contribution in [0.25, 0.3) is 11.2 Å². The molecule has 0 aliphatic carbocycles. The molecule has 0 spiro atoms. The van der Waals surface area contributed by atoms with Crippen molar-refractivity contribution in [1.29, 1.82) is 0 Å². The number of pyridine rings is 1. The van der Waals surface area contributed by atoms with Crippen LogP contribution in [0.5, 0.6) is 0 Å². The average Bonchev–Trinajstić information content (AvgIpc) is 4.07. The maximum absolute atomic E-state index is 14.9. The Morgan fingerprint density at radius 3 is 2.18 bits per heavy atom. The number of halogens is 1. The normalized spacial score (nSPS) is 22.3. The van der Waals surface area contributed by atoms with Gasteiger partial charge >= 0.3 is 27.4 Å². The first-order valence-corrected chi connectivity index (χ1v) is 26.9. The SMILES string of the molecule is CN(C)c1ccc(C[C@@H](C(=O)C[C@H]2[C@@H](O)[C@H](n3cnc4c(N)ncnc43)O[C@@H]2COP(=O)(O)O[C@H]2[C@@H](O)[C@H](n3ccc(N)nc3=O)O[C@@H]2COP(=O)(O)O)N(C)C(=O)OCc2ccc(NC(=O)Cc3ccc(F)cc3)cc2)cn1. The van der Waals surface area contributed by atoms with Crippen molar-refractivity contribution in [2.75, 3.05) is 56.0 Å². The van der Waals surface area contributed by atoms with Gasteiger partial charge in [0, 0.05) is 58.0 Å². The monoisotopic (exact) mass is 1140 g/mol. The van der Waals surface area contributed by atoms with Gasteiger partial charge in [-0.15, -0.1) is 0 Å². The molecule has 2 aliphatic rings. The number of aliphatic hydroxyl groups excluding tert-OH is 2. The number of phosphoric acid groups is 2. The van der Waals surface area contributed by atoms with E-state index in [9.17, 15) is 57.6 Å². The summed E-state index contributed by atoms with van der Waals surface area (Å²) in [5.41, 5.74) is 12.9. The Morgan fingerprint density at radius 2 is 1.51 bits per heavy atom. The number of carbonyl (C=O) groups excluding carboxylic acids is 3. The molecular weight excluding hydrogens is 1090 g/mol. The standard InChI is InChI=1S/C47H55FN12O17P2/c1-57(2)36-13-8-27(19-51-36)16-31(58(3)47(66)72-20-26-6-11-29(12-7-26)55-37(62)17-25-4-9-28(48)10-5-25)32(61)18-30-33(75-44(39(30)63)60-24-54-38-42(50)52-23-53-43(38)60)21-74-79(70,71)77-41-34(22-73-78(67,68)69)76-45(40(41)64)59-15-14-35(49)56-46(59)65/h4-15,19,23-24,30-31,33-34,39-41,44-45,63-64H,16-18,20-22H2,1-3H3,(H,55,62)(H,70,71)(H2,49,56,65)(H2,50,52,53)(H2,67,68,69)/t30-,31+,33-,34-,39-,40-,41-,44-,45-/m1/s1. The summed E-state index contributed by atoms with van der Waals surface area (Å²) in [6, 6.07) is 15.2. The van der Waals surface area contributed by atoms with E-state index >= 15 is 0 Å². The van der Waals surface area contributed by atoms with Gasteiger partial charge in [-0.05, 0) is 53.1 Å². The van der Waals surface area contributed by atoms with Gasteiger partial charge < -0.3 is 65.7 Å². The van der Waals surface area contributed by atoms with Crippen LogP contribution in [-0.2, 0) is 65.9 Å². The van der Waals surface area contributed by atoms with Crippen molar-refractivity contribution < 1.29 is 80.6 Å². The number of phosphoric ester groups is 2. The Bertz CT molecular complexity index is 3300. The van der Waals surface area contributed by atoms with Crippen molar-refractivity contribution in [2.24, 2.45) is 5.92 Å². The summed E-state index contributed by atoms with van der Waals surface area (Å²) in [6.45, 7) is -2.22. The molecule has 2 saturated heterocycles. The largest absolute Gasteiger partial charge is 0.472 e. The molecule has 79 heavy (non-hydrogen) atoms. The van der Waals surface area contributed by atoms with Crippen LogP contribution in [0.4, 0.5) is 32.3 Å². The number of aromatic nitrogens is 7. The zero-order valence-corrected chi connectivity index (χ0v) is 44.0. The van der Waals surface area contributed by atoms with E-state index < -0.39 is 114 Å². The van der Waals surface area contributed by atoms with Gasteiger partial charge in [-0.1, -0.05) is 30.3 Å². The second-order valence-electron chi connectivity index (χ2n) is 18.5. The van der Waals surface area contributed by atoms with Crippen LogP contribution in [0.1, 0.15) is 35.6 Å². The predicted octanol–water partition coefficient (Wildman–Crippen LogP) is 1.61. The van der Waals surface area contributed by atoms with Crippen molar-refractivity contribution in [3.8, 4) is 0 Å². The number of ether oxygens (including phenoxy) is 3. The van der Waals surface area contributed by atoms with E-state index in [0.717, 1.165) is 22.0 Å². The Labute approximate surface area is 447 Å². The van der Waals surface area contributed by atoms with Crippen molar-refractivity contribution in [3.05, 3.63) is 125 Å². The number of hydrogen-bond acceptors (Lipinski definition) is 22. The fourth-order valence-corrected chi connectivity index (χ4v) is 10.1. The lowest BCUT2D eigenvalue weighted by atomic mass is 9.88. The highest BCUT2D eigenvalue weighted by molar-refractivity contribution is 7.47. The number of aliphatic hydroxyl groups is 2. The van der Waals surface area contributed by atoms with Crippen LogP contribution in [0.2, 0.25) is 0 Å². The van der Waals surface area contributed by atoms with E-state index in [0.29, 0.717) is 28.2 Å². The lowest BCUT2D eigenvalue weighted by Crippen LogP contribution is -2.46. The maximum atomic E-state index is 14.9. The molecule has 29 nitrogen and oxygen atoms in total. The van der Waals surface area contributed by atoms with E-state index in [1.165, 1.54) is 54.5 Å². The Balaban J connectivity index is 1.01. The number of imidazole rings is 1. The summed E-state index contributed by atoms with van der Waals surface area (Å²) < 4.78 is 73.8. The molecule has 0 radical (unpaired) electrons. The lowest BCUT2D eigenvalue weighted by molar-refractivity contribution is -0.125. The summed E-state index contributed by atoms with van der Waals surface area (Å²) in [6.07, 6.45) is -8.66. The molecule has 32 heteroatoms. The van der Waals surface area contributed by atoms with Crippen LogP contribution in [0.3, 0.4) is 0 Å². The number of nitrogens with zero attached hydrogens (tertiary/aromatic N) is 9. The molecular formula is C47H55FN12O17P2. The number of benzene rings is 2. The van der Waals surface area contributed by atoms with Gasteiger partial charge in [0.05, 0.1) is 38.1 Å². The number of fused-ring (bicyclic) bond motifs is 1. The molecule has 10 atom stereocenters. The molecule has 4 aromatic heterocycles. The van der Waals surface area contributed by atoms with Crippen molar-refractivity contribution in [2.45, 2.75) is 74.9 Å². The minimum atomic E-state index is -5.46. The van der Waals surface area contributed by atoms with E-state index in [2.05, 4.69) is 34.8 Å². The Kier molecular flexibility index (Phi) is 17.9. The maximum Gasteiger partial charge on any atom is 0.472 e. The first-order chi connectivity index (χ1) is 37.4. The van der Waals surface area contributed by atoms with Gasteiger partial charge in [0.2, 0.25) is 5.91 Å². The fourth-order valence-electron chi connectivity index (χ4n) is 8.76. The molecule has 0 bridgehead atoms. The van der Waals surface area contributed by atoms with Crippen LogP contribution >= 0.6 is 15.6 Å². The molecule has 2 aromatic carbocycles. The highest BCUT2D eigenvalue weighted by Crippen LogP contribution is 2.50. The quantitative estimate of drug-likeness (QED) is 0.0448. The number of hydrogen-bond donors (Lipinski definition) is 8. The van der Waals surface area contributed by atoms with Crippen molar-refractivity contribution in [1.82, 2.24) is 39.0 Å². The number of nitrogens with two attached hydrogens (primary N) is 2. The minimum absolute atomic E-state index is 0.000344. The highest BCUT2D eigenvalue weighted by atomic mass is 31.2. The number of nitrogen functional groups attached to an aromatic ring is 2. The molecule has 1 unspecified atom stereocenters. The Hall–Kier alpha value is -7.18. The summed E-state index contributed by atoms with van der Waals surface area (Å²) in [5.74, 6) is -2.37. The first kappa shape index (κ1) is 58.0. The number of rotatable bonds is 22. The van der Waals surface area contributed by atoms with Crippen LogP contribution in [-0.4, -0.2) is 153 Å². The molecule has 422 valence electrons. The number of amides is 2. The predicted molar refractivity (Wildman–Crippen MR) is 273 cm³/mol. The van der Waals surface area contributed by atoms with Gasteiger partial charge in [0.1, 0.15) is 60.3 Å². The summed E-state index contributed by atoms with van der Waals surface area (Å²) >= 11 is 0. The fraction of sp³-hybridized carbons (Fsp3) is 0.383. The van der Waals surface area contributed by atoms with E-state index in [1.807, 2.05) is 0 Å². The molecule has 8 rings (SSSR count). The van der Waals surface area contributed by atoms with Gasteiger partial charge in [-0.25, -0.2) is 43.0 Å². The molecule has 6 aromatic rings. The smallest absolute Gasteiger partial charge is 0.445 e. The van der Waals surface area contributed by atoms with Gasteiger partial charge in [0.25, 0.3) is 0 Å². The van der Waals surface area contributed by atoms with Crippen LogP contribution in [0, 0.1) is 11.7 Å². The zero-order valence-electron chi connectivity index (χ0n) is 42.2.